The Morgan fingerprint density at radius 3 is 2.57 bits per heavy atom. The first-order chi connectivity index (χ1) is 14.5. The van der Waals surface area contributed by atoms with E-state index in [1.165, 1.54) is 22.6 Å². The molecule has 1 aliphatic rings. The Morgan fingerprint density at radius 2 is 1.87 bits per heavy atom. The van der Waals surface area contributed by atoms with Crippen LogP contribution < -0.4 is 10.2 Å². The van der Waals surface area contributed by atoms with Crippen molar-refractivity contribution in [1.82, 2.24) is 9.88 Å². The number of carbonyl (C=O) groups is 1. The van der Waals surface area contributed by atoms with E-state index in [0.29, 0.717) is 5.02 Å². The largest absolute Gasteiger partial charge is 0.369 e. The highest BCUT2D eigenvalue weighted by Crippen LogP contribution is 2.26. The van der Waals surface area contributed by atoms with Gasteiger partial charge < -0.3 is 15.1 Å². The van der Waals surface area contributed by atoms with Gasteiger partial charge in [0.2, 0.25) is 5.91 Å². The van der Waals surface area contributed by atoms with Gasteiger partial charge in [0.1, 0.15) is 5.01 Å². The maximum absolute atomic E-state index is 12.5. The zero-order valence-corrected chi connectivity index (χ0v) is 18.8. The van der Waals surface area contributed by atoms with Gasteiger partial charge in [0.05, 0.1) is 12.1 Å². The van der Waals surface area contributed by atoms with Gasteiger partial charge in [-0.25, -0.2) is 4.98 Å². The predicted octanol–water partition coefficient (Wildman–Crippen LogP) is 4.70. The smallest absolute Gasteiger partial charge is 0.230 e. The van der Waals surface area contributed by atoms with Crippen LogP contribution in [0.5, 0.6) is 0 Å². The van der Waals surface area contributed by atoms with Gasteiger partial charge in [-0.1, -0.05) is 23.7 Å². The third-order valence-corrected chi connectivity index (χ3v) is 6.50. The third kappa shape index (κ3) is 5.01. The Morgan fingerprint density at radius 1 is 1.13 bits per heavy atom. The Kier molecular flexibility index (Phi) is 6.37. The van der Waals surface area contributed by atoms with Crippen LogP contribution in [-0.4, -0.2) is 49.0 Å². The average molecular weight is 441 g/mol. The summed E-state index contributed by atoms with van der Waals surface area (Å²) >= 11 is 7.48. The van der Waals surface area contributed by atoms with E-state index in [1.54, 1.807) is 0 Å². The molecule has 0 aliphatic carbocycles. The van der Waals surface area contributed by atoms with Gasteiger partial charge in [-0.15, -0.1) is 11.3 Å². The van der Waals surface area contributed by atoms with E-state index in [1.807, 2.05) is 41.8 Å². The van der Waals surface area contributed by atoms with Crippen molar-refractivity contribution in [3.05, 3.63) is 64.1 Å². The highest BCUT2D eigenvalue weighted by molar-refractivity contribution is 7.13. The van der Waals surface area contributed by atoms with Gasteiger partial charge in [-0.05, 0) is 49.9 Å². The van der Waals surface area contributed by atoms with E-state index >= 15 is 0 Å². The molecule has 30 heavy (non-hydrogen) atoms. The molecule has 0 spiro atoms. The molecule has 4 rings (SSSR count). The molecule has 2 heterocycles. The Balaban J connectivity index is 1.37. The van der Waals surface area contributed by atoms with Crippen molar-refractivity contribution in [2.24, 2.45) is 0 Å². The summed E-state index contributed by atoms with van der Waals surface area (Å²) in [6.07, 6.45) is 0.253. The summed E-state index contributed by atoms with van der Waals surface area (Å²) in [4.78, 5) is 21.9. The normalized spacial score (nSPS) is 14.7. The molecule has 0 unspecified atom stereocenters. The molecule has 5 nitrogen and oxygen atoms in total. The number of thiazole rings is 1. The number of nitrogens with zero attached hydrogens (tertiary/aromatic N) is 3. The Labute approximate surface area is 186 Å². The summed E-state index contributed by atoms with van der Waals surface area (Å²) in [7, 11) is 2.16. The van der Waals surface area contributed by atoms with Crippen LogP contribution in [0.2, 0.25) is 5.02 Å². The van der Waals surface area contributed by atoms with Crippen LogP contribution in [0.15, 0.2) is 47.8 Å². The average Bonchev–Trinajstić information content (AvgIpc) is 3.18. The van der Waals surface area contributed by atoms with Crippen molar-refractivity contribution in [1.29, 1.82) is 0 Å². The monoisotopic (exact) mass is 440 g/mol. The molecule has 1 amide bonds. The lowest BCUT2D eigenvalue weighted by molar-refractivity contribution is -0.115. The van der Waals surface area contributed by atoms with Gasteiger partial charge in [0.15, 0.2) is 0 Å². The van der Waals surface area contributed by atoms with E-state index < -0.39 is 0 Å². The molecular weight excluding hydrogens is 416 g/mol. The third-order valence-electron chi connectivity index (χ3n) is 5.31. The van der Waals surface area contributed by atoms with Crippen molar-refractivity contribution >= 4 is 40.2 Å². The van der Waals surface area contributed by atoms with Gasteiger partial charge in [0.25, 0.3) is 0 Å². The van der Waals surface area contributed by atoms with E-state index in [0.717, 1.165) is 48.1 Å². The van der Waals surface area contributed by atoms with Crippen molar-refractivity contribution in [3.8, 4) is 10.6 Å². The lowest BCUT2D eigenvalue weighted by atomic mass is 10.1. The number of nitrogens with one attached hydrogen (secondary N) is 1. The van der Waals surface area contributed by atoms with Gasteiger partial charge >= 0.3 is 0 Å². The number of halogens is 1. The number of aryl methyl sites for hydroxylation is 1. The minimum atomic E-state index is -0.0605. The van der Waals surface area contributed by atoms with Gasteiger partial charge in [-0.2, -0.15) is 0 Å². The number of piperazine rings is 1. The summed E-state index contributed by atoms with van der Waals surface area (Å²) in [5, 5.41) is 6.53. The topological polar surface area (TPSA) is 48.5 Å². The fourth-order valence-corrected chi connectivity index (χ4v) is 4.57. The van der Waals surface area contributed by atoms with Crippen molar-refractivity contribution in [3.63, 3.8) is 0 Å². The lowest BCUT2D eigenvalue weighted by Crippen LogP contribution is -2.44. The number of amides is 1. The summed E-state index contributed by atoms with van der Waals surface area (Å²) in [5.41, 5.74) is 5.02. The summed E-state index contributed by atoms with van der Waals surface area (Å²) < 4.78 is 0. The van der Waals surface area contributed by atoms with Crippen molar-refractivity contribution in [2.75, 3.05) is 43.4 Å². The summed E-state index contributed by atoms with van der Waals surface area (Å²) in [6, 6.07) is 13.7. The minimum Gasteiger partial charge on any atom is -0.369 e. The van der Waals surface area contributed by atoms with Crippen molar-refractivity contribution in [2.45, 2.75) is 13.3 Å². The van der Waals surface area contributed by atoms with Crippen LogP contribution in [-0.2, 0) is 11.2 Å². The van der Waals surface area contributed by atoms with Crippen LogP contribution in [0.25, 0.3) is 10.6 Å². The minimum absolute atomic E-state index is 0.0605. The second-order valence-electron chi connectivity index (χ2n) is 7.67. The van der Waals surface area contributed by atoms with E-state index in [-0.39, 0.29) is 12.3 Å². The van der Waals surface area contributed by atoms with Crippen LogP contribution in [0.4, 0.5) is 11.4 Å². The number of hydrogen-bond acceptors (Lipinski definition) is 5. The second-order valence-corrected chi connectivity index (χ2v) is 8.96. The molecule has 7 heteroatoms. The molecule has 156 valence electrons. The Bertz CT molecular complexity index is 1030. The zero-order valence-electron chi connectivity index (χ0n) is 17.2. The molecule has 1 aromatic heterocycles. The number of likely N-dealkylation sites (N-methyl/N-ethyl adjacent to an activating group) is 1. The standard InChI is InChI=1S/C23H25ClN4OS/c1-16-13-19(7-8-21(16)28-11-9-27(2)10-12-28)25-22(29)14-20-15-30-23(26-20)17-3-5-18(24)6-4-17/h3-8,13,15H,9-12,14H2,1-2H3,(H,25,29). The molecule has 1 fully saturated rings. The fourth-order valence-electron chi connectivity index (χ4n) is 3.62. The van der Waals surface area contributed by atoms with Gasteiger partial charge in [0, 0.05) is 53.5 Å². The van der Waals surface area contributed by atoms with E-state index in [4.69, 9.17) is 11.6 Å². The SMILES string of the molecule is Cc1cc(NC(=O)Cc2csc(-c3ccc(Cl)cc3)n2)ccc1N1CCN(C)CC1. The molecule has 0 atom stereocenters. The number of benzene rings is 2. The van der Waals surface area contributed by atoms with Gasteiger partial charge in [-0.3, -0.25) is 4.79 Å². The maximum Gasteiger partial charge on any atom is 0.230 e. The Hall–Kier alpha value is -2.41. The van der Waals surface area contributed by atoms with Crippen LogP contribution in [0.3, 0.4) is 0 Å². The fraction of sp³-hybridized carbons (Fsp3) is 0.304. The molecule has 3 aromatic rings. The molecule has 1 aliphatic heterocycles. The highest BCUT2D eigenvalue weighted by atomic mass is 35.5. The molecular formula is C23H25ClN4OS. The van der Waals surface area contributed by atoms with Crippen LogP contribution in [0.1, 0.15) is 11.3 Å². The molecule has 0 saturated carbocycles. The van der Waals surface area contributed by atoms with Crippen LogP contribution >= 0.6 is 22.9 Å². The first-order valence-corrected chi connectivity index (χ1v) is 11.3. The van der Waals surface area contributed by atoms with E-state index in [9.17, 15) is 4.79 Å². The maximum atomic E-state index is 12.5. The molecule has 1 N–H and O–H groups in total. The highest BCUT2D eigenvalue weighted by Gasteiger charge is 2.16. The molecule has 0 bridgehead atoms. The number of carbonyl (C=O) groups excluding carboxylic acids is 1. The molecule has 2 aromatic carbocycles. The summed E-state index contributed by atoms with van der Waals surface area (Å²) in [6.45, 7) is 6.31. The molecule has 1 saturated heterocycles. The lowest BCUT2D eigenvalue weighted by Gasteiger charge is -2.35. The number of aromatic nitrogens is 1. The molecule has 0 radical (unpaired) electrons. The first-order valence-electron chi connectivity index (χ1n) is 10.0. The first kappa shape index (κ1) is 20.8. The second kappa shape index (κ2) is 9.16. The number of rotatable bonds is 5. The van der Waals surface area contributed by atoms with E-state index in [2.05, 4.69) is 40.1 Å². The van der Waals surface area contributed by atoms with Crippen molar-refractivity contribution < 1.29 is 4.79 Å². The zero-order chi connectivity index (χ0) is 21.1. The predicted molar refractivity (Wildman–Crippen MR) is 126 cm³/mol. The quantitative estimate of drug-likeness (QED) is 0.624. The van der Waals surface area contributed by atoms with Crippen LogP contribution in [0, 0.1) is 6.92 Å². The number of anilines is 2. The number of hydrogen-bond donors (Lipinski definition) is 1. The summed E-state index contributed by atoms with van der Waals surface area (Å²) in [5.74, 6) is -0.0605.